The Morgan fingerprint density at radius 3 is 2.60 bits per heavy atom. The molecule has 4 rings (SSSR count). The van der Waals surface area contributed by atoms with Gasteiger partial charge in [0.05, 0.1) is 26.2 Å². The Hall–Kier alpha value is -3.95. The van der Waals surface area contributed by atoms with E-state index in [-0.39, 0.29) is 42.9 Å². The van der Waals surface area contributed by atoms with Crippen LogP contribution < -0.4 is 14.8 Å². The number of methoxy groups -OCH3 is 1. The Labute approximate surface area is 235 Å². The molecule has 2 heterocycles. The lowest BCUT2D eigenvalue weighted by molar-refractivity contribution is -0.134. The maximum atomic E-state index is 13.5. The number of fused-ring (bicyclic) bond motifs is 1. The summed E-state index contributed by atoms with van der Waals surface area (Å²) in [4.78, 5) is 34.1. The van der Waals surface area contributed by atoms with Crippen molar-refractivity contribution >= 4 is 17.5 Å². The van der Waals surface area contributed by atoms with Crippen LogP contribution >= 0.6 is 0 Å². The van der Waals surface area contributed by atoms with E-state index in [2.05, 4.69) is 22.1 Å². The summed E-state index contributed by atoms with van der Waals surface area (Å²) in [5.41, 5.74) is 2.89. The van der Waals surface area contributed by atoms with E-state index in [1.54, 1.807) is 48.7 Å². The average Bonchev–Trinajstić information content (AvgIpc) is 3.01. The second-order valence-electron chi connectivity index (χ2n) is 10.4. The van der Waals surface area contributed by atoms with Crippen LogP contribution in [0, 0.1) is 5.92 Å². The van der Waals surface area contributed by atoms with Crippen molar-refractivity contribution in [1.82, 2.24) is 14.8 Å². The van der Waals surface area contributed by atoms with Gasteiger partial charge in [0, 0.05) is 54.8 Å². The van der Waals surface area contributed by atoms with Crippen LogP contribution in [-0.2, 0) is 17.8 Å². The van der Waals surface area contributed by atoms with E-state index >= 15 is 0 Å². The first-order valence-corrected chi connectivity index (χ1v) is 13.5. The second kappa shape index (κ2) is 13.4. The van der Waals surface area contributed by atoms with E-state index in [0.29, 0.717) is 35.7 Å². The lowest BCUT2D eigenvalue weighted by Gasteiger charge is -2.34. The third-order valence-electron chi connectivity index (χ3n) is 7.22. The number of hydrogen-bond donors (Lipinski definition) is 2. The van der Waals surface area contributed by atoms with Crippen LogP contribution in [0.5, 0.6) is 11.5 Å². The van der Waals surface area contributed by atoms with Crippen LogP contribution in [0.1, 0.15) is 35.3 Å². The number of carbonyl (C=O) groups is 2. The Bertz CT molecular complexity index is 1280. The summed E-state index contributed by atoms with van der Waals surface area (Å²) in [6.07, 6.45) is 3.00. The molecule has 3 aromatic rings. The molecule has 0 radical (unpaired) electrons. The van der Waals surface area contributed by atoms with Crippen molar-refractivity contribution in [2.75, 3.05) is 39.2 Å². The van der Waals surface area contributed by atoms with Gasteiger partial charge in [0.15, 0.2) is 0 Å². The number of aromatic nitrogens is 1. The highest BCUT2D eigenvalue weighted by Gasteiger charge is 2.31. The van der Waals surface area contributed by atoms with Crippen LogP contribution in [0.15, 0.2) is 67.0 Å². The molecule has 0 saturated heterocycles. The average molecular weight is 547 g/mol. The molecule has 1 aliphatic rings. The van der Waals surface area contributed by atoms with Gasteiger partial charge in [-0.2, -0.15) is 0 Å². The maximum Gasteiger partial charge on any atom is 0.255 e. The first-order valence-electron chi connectivity index (χ1n) is 13.5. The molecule has 212 valence electrons. The summed E-state index contributed by atoms with van der Waals surface area (Å²) in [5, 5.41) is 12.8. The van der Waals surface area contributed by atoms with Crippen molar-refractivity contribution < 1.29 is 24.2 Å². The van der Waals surface area contributed by atoms with Crippen molar-refractivity contribution in [2.24, 2.45) is 5.92 Å². The predicted molar refractivity (Wildman–Crippen MR) is 154 cm³/mol. The smallest absolute Gasteiger partial charge is 0.255 e. The molecule has 0 spiro atoms. The third-order valence-corrected chi connectivity index (χ3v) is 7.22. The number of amides is 2. The predicted octanol–water partition coefficient (Wildman–Crippen LogP) is 3.62. The highest BCUT2D eigenvalue weighted by atomic mass is 16.5. The summed E-state index contributed by atoms with van der Waals surface area (Å²) in [7, 11) is 3.70. The molecule has 9 nitrogen and oxygen atoms in total. The molecule has 3 atom stereocenters. The number of likely N-dealkylation sites (N-methyl/N-ethyl adjacent to an activating group) is 1. The van der Waals surface area contributed by atoms with Gasteiger partial charge in [-0.25, -0.2) is 0 Å². The Balaban J connectivity index is 1.58. The van der Waals surface area contributed by atoms with E-state index < -0.39 is 0 Å². The summed E-state index contributed by atoms with van der Waals surface area (Å²) in [6.45, 7) is 5.60. The fourth-order valence-electron chi connectivity index (χ4n) is 4.85. The number of ether oxygens (including phenoxy) is 2. The van der Waals surface area contributed by atoms with Crippen molar-refractivity contribution in [2.45, 2.75) is 39.0 Å². The van der Waals surface area contributed by atoms with Gasteiger partial charge in [-0.3, -0.25) is 19.5 Å². The molecule has 0 unspecified atom stereocenters. The van der Waals surface area contributed by atoms with E-state index in [4.69, 9.17) is 9.47 Å². The van der Waals surface area contributed by atoms with Crippen molar-refractivity contribution in [1.29, 1.82) is 0 Å². The number of anilines is 1. The van der Waals surface area contributed by atoms with E-state index in [0.717, 1.165) is 17.9 Å². The number of benzene rings is 2. The van der Waals surface area contributed by atoms with Crippen LogP contribution in [0.2, 0.25) is 0 Å². The highest BCUT2D eigenvalue weighted by Crippen LogP contribution is 2.29. The zero-order valence-corrected chi connectivity index (χ0v) is 23.5. The lowest BCUT2D eigenvalue weighted by Crippen LogP contribution is -2.47. The van der Waals surface area contributed by atoms with Crippen LogP contribution in [0.3, 0.4) is 0 Å². The minimum atomic E-state index is -0.330. The first-order chi connectivity index (χ1) is 19.3. The van der Waals surface area contributed by atoms with Gasteiger partial charge in [-0.15, -0.1) is 0 Å². The van der Waals surface area contributed by atoms with E-state index in [1.165, 1.54) is 0 Å². The quantitative estimate of drug-likeness (QED) is 0.423. The molecular formula is C31H38N4O5. The van der Waals surface area contributed by atoms with Crippen molar-refractivity contribution in [3.63, 3.8) is 0 Å². The van der Waals surface area contributed by atoms with Gasteiger partial charge < -0.3 is 24.8 Å². The van der Waals surface area contributed by atoms with Gasteiger partial charge in [0.2, 0.25) is 5.91 Å². The number of aliphatic hydroxyl groups excluding tert-OH is 1. The number of rotatable bonds is 9. The Kier molecular flexibility index (Phi) is 9.74. The highest BCUT2D eigenvalue weighted by molar-refractivity contribution is 6.04. The molecule has 0 fully saturated rings. The number of pyridine rings is 1. The van der Waals surface area contributed by atoms with Crippen LogP contribution in [0.25, 0.3) is 0 Å². The largest absolute Gasteiger partial charge is 0.497 e. The maximum absolute atomic E-state index is 13.5. The van der Waals surface area contributed by atoms with E-state index in [9.17, 15) is 14.7 Å². The number of aliphatic hydroxyl groups is 1. The van der Waals surface area contributed by atoms with Gasteiger partial charge >= 0.3 is 0 Å². The number of nitrogens with one attached hydrogen (secondary N) is 1. The molecule has 0 bridgehead atoms. The third kappa shape index (κ3) is 7.37. The molecule has 9 heteroatoms. The molecule has 2 aromatic carbocycles. The van der Waals surface area contributed by atoms with Gasteiger partial charge in [0.25, 0.3) is 5.91 Å². The zero-order chi connectivity index (χ0) is 28.6. The Morgan fingerprint density at radius 1 is 1.20 bits per heavy atom. The fourth-order valence-corrected chi connectivity index (χ4v) is 4.85. The second-order valence-corrected chi connectivity index (χ2v) is 10.4. The standard InChI is InChI=1S/C31H38N4O5/c1-21-17-35(22(2)20-36)30(37)16-25-15-26(33-31(38)24-11-13-32-14-12-24)7-10-28(25)40-29(21)19-34(3)18-23-5-8-27(39-4)9-6-23/h5-15,21-22,29,36H,16-20H2,1-4H3,(H,33,38)/t21-,22+,29+/m0/s1. The molecule has 0 saturated carbocycles. The minimum absolute atomic E-state index is 0.00622. The van der Waals surface area contributed by atoms with Gasteiger partial charge in [-0.05, 0) is 62.0 Å². The van der Waals surface area contributed by atoms with Crippen LogP contribution in [-0.4, -0.2) is 77.7 Å². The Morgan fingerprint density at radius 2 is 1.93 bits per heavy atom. The SMILES string of the molecule is COc1ccc(CN(C)C[C@H]2Oc3ccc(NC(=O)c4ccncc4)cc3CC(=O)N([C@H](C)CO)C[C@@H]2C)cc1. The summed E-state index contributed by atoms with van der Waals surface area (Å²) < 4.78 is 11.9. The summed E-state index contributed by atoms with van der Waals surface area (Å²) >= 11 is 0. The van der Waals surface area contributed by atoms with Crippen molar-refractivity contribution in [3.05, 3.63) is 83.7 Å². The van der Waals surface area contributed by atoms with Crippen LogP contribution in [0.4, 0.5) is 5.69 Å². The summed E-state index contributed by atoms with van der Waals surface area (Å²) in [5.74, 6) is 1.06. The molecule has 0 aliphatic carbocycles. The topological polar surface area (TPSA) is 104 Å². The molecule has 40 heavy (non-hydrogen) atoms. The number of hydrogen-bond acceptors (Lipinski definition) is 7. The van der Waals surface area contributed by atoms with Gasteiger partial charge in [-0.1, -0.05) is 19.1 Å². The molecular weight excluding hydrogens is 508 g/mol. The number of nitrogens with zero attached hydrogens (tertiary/aromatic N) is 3. The number of carbonyl (C=O) groups excluding carboxylic acids is 2. The molecule has 2 N–H and O–H groups in total. The first kappa shape index (κ1) is 29.0. The fraction of sp³-hybridized carbons (Fsp3) is 0.387. The molecule has 1 aliphatic heterocycles. The normalized spacial score (nSPS) is 18.1. The van der Waals surface area contributed by atoms with Gasteiger partial charge in [0.1, 0.15) is 17.6 Å². The zero-order valence-electron chi connectivity index (χ0n) is 23.5. The molecule has 1 aromatic heterocycles. The van der Waals surface area contributed by atoms with E-state index in [1.807, 2.05) is 44.3 Å². The summed E-state index contributed by atoms with van der Waals surface area (Å²) in [6, 6.07) is 16.3. The monoisotopic (exact) mass is 546 g/mol. The molecule has 2 amide bonds. The lowest BCUT2D eigenvalue weighted by atomic mass is 10.0. The van der Waals surface area contributed by atoms with Crippen molar-refractivity contribution in [3.8, 4) is 11.5 Å². The minimum Gasteiger partial charge on any atom is -0.497 e.